The van der Waals surface area contributed by atoms with Gasteiger partial charge in [0, 0.05) is 63.9 Å². The number of hydrogen-bond donors (Lipinski definition) is 0. The van der Waals surface area contributed by atoms with Crippen LogP contribution >= 0.6 is 0 Å². The van der Waals surface area contributed by atoms with Gasteiger partial charge in [-0.3, -0.25) is 4.79 Å². The molecular weight excluding hydrogens is 466 g/mol. The van der Waals surface area contributed by atoms with Crippen LogP contribution in [0.2, 0.25) is 0 Å². The smallest absolute Gasteiger partial charge is 0.223 e. The lowest BCUT2D eigenvalue weighted by Crippen LogP contribution is -2.47. The Morgan fingerprint density at radius 2 is 1.70 bits per heavy atom. The summed E-state index contributed by atoms with van der Waals surface area (Å²) in [7, 11) is 1.70. The van der Waals surface area contributed by atoms with Crippen LogP contribution in [0.3, 0.4) is 0 Å². The molecule has 9 nitrogen and oxygen atoms in total. The number of piperazine rings is 1. The lowest BCUT2D eigenvalue weighted by Gasteiger charge is -2.36. The van der Waals surface area contributed by atoms with E-state index in [1.165, 1.54) is 16.8 Å². The van der Waals surface area contributed by atoms with Crippen molar-refractivity contribution in [2.24, 2.45) is 0 Å². The Balaban J connectivity index is 1.10. The molecule has 2 aromatic carbocycles. The van der Waals surface area contributed by atoms with Crippen LogP contribution in [-0.2, 0) is 24.2 Å². The maximum absolute atomic E-state index is 13.0. The molecule has 1 saturated heterocycles. The van der Waals surface area contributed by atoms with E-state index in [0.29, 0.717) is 25.0 Å². The van der Waals surface area contributed by atoms with Crippen molar-refractivity contribution in [3.8, 4) is 5.75 Å². The highest BCUT2D eigenvalue weighted by atomic mass is 16.5. The maximum atomic E-state index is 13.0. The van der Waals surface area contributed by atoms with E-state index in [4.69, 9.17) is 9.84 Å². The summed E-state index contributed by atoms with van der Waals surface area (Å²) in [6, 6.07) is 20.5. The molecule has 6 rings (SSSR count). The molecule has 1 fully saturated rings. The van der Waals surface area contributed by atoms with Gasteiger partial charge in [0.1, 0.15) is 11.6 Å². The first-order valence-electron chi connectivity index (χ1n) is 12.9. The van der Waals surface area contributed by atoms with E-state index in [2.05, 4.69) is 50.3 Å². The standard InChI is InChI=1S/C28H31N7O2/c1-37-24-8-4-7-23(19-24)32-15-17-33(18-16-32)27-10-9-25-29-30-26(35(25)31-27)11-12-28(36)34-14-13-21-5-2-3-6-22(21)20-34/h2-10,19H,11-18,20H2,1H3. The van der Waals surface area contributed by atoms with Crippen LogP contribution in [0, 0.1) is 0 Å². The fourth-order valence-electron chi connectivity index (χ4n) is 5.23. The van der Waals surface area contributed by atoms with Crippen molar-refractivity contribution in [1.29, 1.82) is 0 Å². The van der Waals surface area contributed by atoms with E-state index in [1.807, 2.05) is 35.2 Å². The van der Waals surface area contributed by atoms with E-state index in [9.17, 15) is 4.79 Å². The number of benzene rings is 2. The van der Waals surface area contributed by atoms with Crippen molar-refractivity contribution in [2.45, 2.75) is 25.8 Å². The van der Waals surface area contributed by atoms with Crippen LogP contribution in [-0.4, -0.2) is 70.5 Å². The monoisotopic (exact) mass is 497 g/mol. The molecular formula is C28H31N7O2. The number of aryl methyl sites for hydroxylation is 1. The molecule has 37 heavy (non-hydrogen) atoms. The average molecular weight is 498 g/mol. The number of hydrogen-bond acceptors (Lipinski definition) is 7. The Kier molecular flexibility index (Phi) is 6.34. The molecule has 0 atom stereocenters. The van der Waals surface area contributed by atoms with Crippen molar-refractivity contribution < 1.29 is 9.53 Å². The van der Waals surface area contributed by atoms with Crippen LogP contribution in [0.5, 0.6) is 5.75 Å². The second kappa shape index (κ2) is 10.1. The summed E-state index contributed by atoms with van der Waals surface area (Å²) in [4.78, 5) is 19.6. The molecule has 2 aromatic heterocycles. The second-order valence-electron chi connectivity index (χ2n) is 9.59. The van der Waals surface area contributed by atoms with Gasteiger partial charge in [0.05, 0.1) is 7.11 Å². The molecule has 0 aliphatic carbocycles. The van der Waals surface area contributed by atoms with Crippen molar-refractivity contribution in [1.82, 2.24) is 24.7 Å². The molecule has 0 spiro atoms. The lowest BCUT2D eigenvalue weighted by molar-refractivity contribution is -0.132. The average Bonchev–Trinajstić information content (AvgIpc) is 3.38. The SMILES string of the molecule is COc1cccc(N2CCN(c3ccc4nnc(CCC(=O)N5CCc6ccccc6C5)n4n3)CC2)c1. The zero-order valence-electron chi connectivity index (χ0n) is 21.1. The van der Waals surface area contributed by atoms with Gasteiger partial charge in [-0.05, 0) is 41.8 Å². The van der Waals surface area contributed by atoms with Gasteiger partial charge < -0.3 is 19.4 Å². The fourth-order valence-corrected chi connectivity index (χ4v) is 5.23. The first kappa shape index (κ1) is 23.3. The molecule has 0 unspecified atom stereocenters. The predicted molar refractivity (Wildman–Crippen MR) is 142 cm³/mol. The number of rotatable bonds is 6. The predicted octanol–water partition coefficient (Wildman–Crippen LogP) is 2.98. The van der Waals surface area contributed by atoms with Gasteiger partial charge in [-0.2, -0.15) is 4.52 Å². The van der Waals surface area contributed by atoms with Gasteiger partial charge in [0.2, 0.25) is 5.91 Å². The highest BCUT2D eigenvalue weighted by molar-refractivity contribution is 5.76. The summed E-state index contributed by atoms with van der Waals surface area (Å²) < 4.78 is 7.17. The first-order valence-corrected chi connectivity index (χ1v) is 12.9. The van der Waals surface area contributed by atoms with Crippen LogP contribution in [0.15, 0.2) is 60.7 Å². The topological polar surface area (TPSA) is 79.1 Å². The molecule has 190 valence electrons. The third-order valence-electron chi connectivity index (χ3n) is 7.38. The number of fused-ring (bicyclic) bond motifs is 2. The summed E-state index contributed by atoms with van der Waals surface area (Å²) in [6.45, 7) is 4.97. The second-order valence-corrected chi connectivity index (χ2v) is 9.59. The third kappa shape index (κ3) is 4.81. The number of amides is 1. The summed E-state index contributed by atoms with van der Waals surface area (Å²) in [5.41, 5.74) is 4.46. The number of methoxy groups -OCH3 is 1. The van der Waals surface area contributed by atoms with Crippen molar-refractivity contribution in [3.05, 3.63) is 77.6 Å². The molecule has 4 heterocycles. The normalized spacial score (nSPS) is 15.6. The number of aromatic nitrogens is 4. The fraction of sp³-hybridized carbons (Fsp3) is 0.357. The Bertz CT molecular complexity index is 1410. The van der Waals surface area contributed by atoms with Crippen LogP contribution in [0.1, 0.15) is 23.4 Å². The van der Waals surface area contributed by atoms with Crippen LogP contribution in [0.25, 0.3) is 5.65 Å². The highest BCUT2D eigenvalue weighted by Crippen LogP contribution is 2.24. The quantitative estimate of drug-likeness (QED) is 0.405. The number of carbonyl (C=O) groups excluding carboxylic acids is 1. The summed E-state index contributed by atoms with van der Waals surface area (Å²) in [6.07, 6.45) is 1.82. The van der Waals surface area contributed by atoms with Crippen LogP contribution < -0.4 is 14.5 Å². The number of nitrogens with zero attached hydrogens (tertiary/aromatic N) is 7. The van der Waals surface area contributed by atoms with Crippen molar-refractivity contribution >= 4 is 23.1 Å². The van der Waals surface area contributed by atoms with Gasteiger partial charge in [-0.1, -0.05) is 30.3 Å². The minimum Gasteiger partial charge on any atom is -0.497 e. The Morgan fingerprint density at radius 3 is 2.54 bits per heavy atom. The minimum atomic E-state index is 0.149. The van der Waals surface area contributed by atoms with E-state index in [0.717, 1.165) is 56.5 Å². The third-order valence-corrected chi connectivity index (χ3v) is 7.38. The molecule has 0 N–H and O–H groups in total. The number of ether oxygens (including phenoxy) is 1. The number of anilines is 2. The van der Waals surface area contributed by atoms with E-state index < -0.39 is 0 Å². The summed E-state index contributed by atoms with van der Waals surface area (Å²) in [5.74, 6) is 2.64. The molecule has 1 amide bonds. The number of carbonyl (C=O) groups is 1. The van der Waals surface area contributed by atoms with Gasteiger partial charge >= 0.3 is 0 Å². The Hall–Kier alpha value is -4.14. The largest absolute Gasteiger partial charge is 0.497 e. The van der Waals surface area contributed by atoms with Crippen LogP contribution in [0.4, 0.5) is 11.5 Å². The lowest BCUT2D eigenvalue weighted by atomic mass is 9.99. The molecule has 4 aromatic rings. The van der Waals surface area contributed by atoms with Gasteiger partial charge in [-0.25, -0.2) is 0 Å². The van der Waals surface area contributed by atoms with Gasteiger partial charge in [-0.15, -0.1) is 15.3 Å². The van der Waals surface area contributed by atoms with E-state index in [1.54, 1.807) is 11.6 Å². The molecule has 0 bridgehead atoms. The molecule has 2 aliphatic rings. The molecule has 2 aliphatic heterocycles. The molecule has 0 radical (unpaired) electrons. The summed E-state index contributed by atoms with van der Waals surface area (Å²) >= 11 is 0. The van der Waals surface area contributed by atoms with E-state index >= 15 is 0 Å². The maximum Gasteiger partial charge on any atom is 0.223 e. The molecule has 9 heteroatoms. The van der Waals surface area contributed by atoms with Crippen molar-refractivity contribution in [2.75, 3.05) is 49.6 Å². The van der Waals surface area contributed by atoms with Gasteiger partial charge in [0.25, 0.3) is 0 Å². The minimum absolute atomic E-state index is 0.149. The highest BCUT2D eigenvalue weighted by Gasteiger charge is 2.22. The van der Waals surface area contributed by atoms with E-state index in [-0.39, 0.29) is 5.91 Å². The Morgan fingerprint density at radius 1 is 0.892 bits per heavy atom. The van der Waals surface area contributed by atoms with Gasteiger partial charge in [0.15, 0.2) is 11.5 Å². The zero-order chi connectivity index (χ0) is 25.2. The van der Waals surface area contributed by atoms with Crippen molar-refractivity contribution in [3.63, 3.8) is 0 Å². The molecule has 0 saturated carbocycles. The first-order chi connectivity index (χ1) is 18.2. The summed E-state index contributed by atoms with van der Waals surface area (Å²) in [5, 5.41) is 13.5. The zero-order valence-corrected chi connectivity index (χ0v) is 21.1. The Labute approximate surface area is 216 Å².